The molecule has 0 heterocycles. The molecule has 0 aromatic rings. The van der Waals surface area contributed by atoms with Crippen molar-refractivity contribution in [2.45, 2.75) is 92.2 Å². The fraction of sp³-hybridized carbons (Fsp3) is 0.895. The molecule has 0 rings (SSSR count). The van der Waals surface area contributed by atoms with Gasteiger partial charge < -0.3 is 14.8 Å². The van der Waals surface area contributed by atoms with Gasteiger partial charge in [-0.25, -0.2) is 0 Å². The summed E-state index contributed by atoms with van der Waals surface area (Å²) in [5, 5.41) is 3.12. The summed E-state index contributed by atoms with van der Waals surface area (Å²) in [6.45, 7) is 16.8. The molecule has 0 aliphatic carbocycles. The van der Waals surface area contributed by atoms with Crippen molar-refractivity contribution in [1.29, 1.82) is 0 Å². The second-order valence-electron chi connectivity index (χ2n) is 9.34. The molecule has 0 aliphatic rings. The van der Waals surface area contributed by atoms with Crippen molar-refractivity contribution in [3.05, 3.63) is 0 Å². The van der Waals surface area contributed by atoms with Gasteiger partial charge in [-0.15, -0.1) is 0 Å². The Bertz CT molecular complexity index is 428. The lowest BCUT2D eigenvalue weighted by atomic mass is 9.75. The topological polar surface area (TPSA) is 55.4 Å². The molecule has 0 aromatic heterocycles. The predicted molar refractivity (Wildman–Crippen MR) is 103 cm³/mol. The second-order valence-corrected chi connectivity index (χ2v) is 9.34. The van der Waals surface area contributed by atoms with Gasteiger partial charge >= 0.3 is 0 Å². The Balaban J connectivity index is 4.44. The lowest BCUT2D eigenvalue weighted by molar-refractivity contribution is -0.125. The number of carbonyl (C=O) groups is 2. The van der Waals surface area contributed by atoms with E-state index in [1.807, 2.05) is 41.5 Å². The smallest absolute Gasteiger partial charge is 0.220 e. The molecule has 0 fully saturated rings. The SMILES string of the molecule is BC(=O)C(C)(C)CCOC(C)(C)CC(C)(C)NC(=O)CCC(C)C. The van der Waals surface area contributed by atoms with E-state index in [9.17, 15) is 9.59 Å². The highest BCUT2D eigenvalue weighted by Crippen LogP contribution is 2.26. The van der Waals surface area contributed by atoms with Crippen LogP contribution >= 0.6 is 0 Å². The van der Waals surface area contributed by atoms with E-state index in [0.717, 1.165) is 6.42 Å². The molecule has 24 heavy (non-hydrogen) atoms. The van der Waals surface area contributed by atoms with Crippen LogP contribution in [0.4, 0.5) is 0 Å². The summed E-state index contributed by atoms with van der Waals surface area (Å²) in [6, 6.07) is 0. The van der Waals surface area contributed by atoms with Crippen LogP contribution in [-0.4, -0.2) is 37.2 Å². The molecule has 0 aromatic carbocycles. The number of carbonyl (C=O) groups excluding carboxylic acids is 2. The van der Waals surface area contributed by atoms with Gasteiger partial charge in [0.25, 0.3) is 0 Å². The molecule has 5 heteroatoms. The lowest BCUT2D eigenvalue weighted by Crippen LogP contribution is -2.48. The minimum atomic E-state index is -0.359. The molecule has 0 radical (unpaired) electrons. The largest absolute Gasteiger partial charge is 0.375 e. The number of hydrogen-bond acceptors (Lipinski definition) is 3. The zero-order valence-electron chi connectivity index (χ0n) is 17.3. The third-order valence-corrected chi connectivity index (χ3v) is 4.47. The van der Waals surface area contributed by atoms with E-state index in [0.29, 0.717) is 31.8 Å². The first-order valence-corrected chi connectivity index (χ1v) is 9.13. The van der Waals surface area contributed by atoms with E-state index >= 15 is 0 Å². The third kappa shape index (κ3) is 10.1. The summed E-state index contributed by atoms with van der Waals surface area (Å²) in [5.74, 6) is 0.630. The highest BCUT2D eigenvalue weighted by atomic mass is 16.5. The number of nitrogens with one attached hydrogen (secondary N) is 1. The number of amides is 1. The van der Waals surface area contributed by atoms with E-state index in [2.05, 4.69) is 19.2 Å². The van der Waals surface area contributed by atoms with Crippen LogP contribution in [0.5, 0.6) is 0 Å². The van der Waals surface area contributed by atoms with E-state index in [4.69, 9.17) is 4.74 Å². The Morgan fingerprint density at radius 3 is 2.08 bits per heavy atom. The molecular weight excluding hydrogens is 301 g/mol. The first-order chi connectivity index (χ1) is 10.7. The van der Waals surface area contributed by atoms with Crippen LogP contribution in [0.2, 0.25) is 0 Å². The summed E-state index contributed by atoms with van der Waals surface area (Å²) in [7, 11) is 1.63. The third-order valence-electron chi connectivity index (χ3n) is 4.47. The number of rotatable bonds is 11. The summed E-state index contributed by atoms with van der Waals surface area (Å²) in [4.78, 5) is 23.7. The van der Waals surface area contributed by atoms with Crippen molar-refractivity contribution < 1.29 is 14.3 Å². The maximum atomic E-state index is 12.1. The Labute approximate surface area is 149 Å². The average molecular weight is 339 g/mol. The van der Waals surface area contributed by atoms with Crippen LogP contribution in [0.1, 0.15) is 81.1 Å². The van der Waals surface area contributed by atoms with Gasteiger partial charge in [0.05, 0.1) is 11.3 Å². The summed E-state index contributed by atoms with van der Waals surface area (Å²) in [6.07, 6.45) is 2.89. The lowest BCUT2D eigenvalue weighted by Gasteiger charge is -2.36. The first-order valence-electron chi connectivity index (χ1n) is 9.13. The van der Waals surface area contributed by atoms with Crippen molar-refractivity contribution in [1.82, 2.24) is 5.32 Å². The molecule has 140 valence electrons. The zero-order valence-corrected chi connectivity index (χ0v) is 17.3. The Morgan fingerprint density at radius 1 is 1.08 bits per heavy atom. The summed E-state index contributed by atoms with van der Waals surface area (Å²) in [5.41, 5.74) is -0.854. The molecule has 1 amide bonds. The van der Waals surface area contributed by atoms with Crippen LogP contribution in [0.25, 0.3) is 0 Å². The van der Waals surface area contributed by atoms with Crippen LogP contribution in [0.3, 0.4) is 0 Å². The maximum Gasteiger partial charge on any atom is 0.220 e. The standard InChI is InChI=1S/C19H38BNO3/c1-14(2)9-10-15(22)21-18(5,6)13-19(7,8)24-12-11-17(3,4)16(20)23/h14H,9-13,20H2,1-8H3,(H,21,22). The van der Waals surface area contributed by atoms with Crippen molar-refractivity contribution >= 4 is 19.4 Å². The van der Waals surface area contributed by atoms with Gasteiger partial charge in [0.2, 0.25) is 5.91 Å². The minimum Gasteiger partial charge on any atom is -0.375 e. The molecule has 0 atom stereocenters. The van der Waals surface area contributed by atoms with Crippen LogP contribution < -0.4 is 5.32 Å². The quantitative estimate of drug-likeness (QED) is 0.589. The molecule has 1 N–H and O–H groups in total. The van der Waals surface area contributed by atoms with Gasteiger partial charge in [0.15, 0.2) is 7.85 Å². The predicted octanol–water partition coefficient (Wildman–Crippen LogP) is 3.08. The molecule has 0 spiro atoms. The molecule has 0 bridgehead atoms. The number of hydrogen-bond donors (Lipinski definition) is 1. The fourth-order valence-electron chi connectivity index (χ4n) is 2.78. The Kier molecular flexibility index (Phi) is 8.71. The van der Waals surface area contributed by atoms with Gasteiger partial charge in [0, 0.05) is 24.0 Å². The minimum absolute atomic E-state index is 0.0993. The number of ether oxygens (including phenoxy) is 1. The summed E-state index contributed by atoms with van der Waals surface area (Å²) >= 11 is 0. The molecule has 0 unspecified atom stereocenters. The van der Waals surface area contributed by atoms with E-state index in [-0.39, 0.29) is 28.1 Å². The second kappa shape index (κ2) is 9.03. The highest BCUT2D eigenvalue weighted by molar-refractivity contribution is 6.58. The Morgan fingerprint density at radius 2 is 1.62 bits per heavy atom. The van der Waals surface area contributed by atoms with E-state index < -0.39 is 0 Å². The molecule has 0 aliphatic heterocycles. The highest BCUT2D eigenvalue weighted by Gasteiger charge is 2.31. The molecular formula is C19H38BNO3. The average Bonchev–Trinajstić information content (AvgIpc) is 2.33. The van der Waals surface area contributed by atoms with Crippen molar-refractivity contribution in [3.8, 4) is 0 Å². The van der Waals surface area contributed by atoms with E-state index in [1.54, 1.807) is 7.85 Å². The molecule has 4 nitrogen and oxygen atoms in total. The van der Waals surface area contributed by atoms with E-state index in [1.165, 1.54) is 0 Å². The van der Waals surface area contributed by atoms with Gasteiger partial charge in [-0.1, -0.05) is 27.7 Å². The van der Waals surface area contributed by atoms with Crippen LogP contribution in [0.15, 0.2) is 0 Å². The van der Waals surface area contributed by atoms with Gasteiger partial charge in [-0.2, -0.15) is 0 Å². The van der Waals surface area contributed by atoms with Gasteiger partial charge in [-0.05, 0) is 52.9 Å². The van der Waals surface area contributed by atoms with Crippen LogP contribution in [-0.2, 0) is 14.3 Å². The van der Waals surface area contributed by atoms with Crippen molar-refractivity contribution in [2.24, 2.45) is 11.3 Å². The monoisotopic (exact) mass is 339 g/mol. The first kappa shape index (κ1) is 23.2. The zero-order chi connectivity index (χ0) is 19.2. The Hall–Kier alpha value is -0.835. The molecule has 0 saturated carbocycles. The van der Waals surface area contributed by atoms with Crippen molar-refractivity contribution in [2.75, 3.05) is 6.61 Å². The maximum absolute atomic E-state index is 12.1. The normalized spacial score (nSPS) is 13.2. The van der Waals surface area contributed by atoms with Crippen LogP contribution in [0, 0.1) is 11.3 Å². The van der Waals surface area contributed by atoms with Crippen molar-refractivity contribution in [3.63, 3.8) is 0 Å². The fourth-order valence-corrected chi connectivity index (χ4v) is 2.78. The van der Waals surface area contributed by atoms with Gasteiger partial charge in [0.1, 0.15) is 0 Å². The molecule has 0 saturated heterocycles. The van der Waals surface area contributed by atoms with Gasteiger partial charge in [-0.3, -0.25) is 4.79 Å². The summed E-state index contributed by atoms with van der Waals surface area (Å²) < 4.78 is 6.03.